The molecule has 1 aromatic rings. The van der Waals surface area contributed by atoms with E-state index >= 15 is 0 Å². The Balaban J connectivity index is 2.97. The lowest BCUT2D eigenvalue weighted by atomic mass is 10.1. The van der Waals surface area contributed by atoms with Gasteiger partial charge in [0, 0.05) is 6.07 Å². The summed E-state index contributed by atoms with van der Waals surface area (Å²) >= 11 is -1.43. The van der Waals surface area contributed by atoms with E-state index < -0.39 is 40.4 Å². The Morgan fingerprint density at radius 2 is 2.00 bits per heavy atom. The molecule has 9 heteroatoms. The molecule has 0 aliphatic rings. The Hall–Kier alpha value is -1.32. The first-order chi connectivity index (χ1) is 9.50. The predicted octanol–water partition coefficient (Wildman–Crippen LogP) is 2.21. The van der Waals surface area contributed by atoms with E-state index in [1.165, 1.54) is 6.07 Å². The van der Waals surface area contributed by atoms with Crippen LogP contribution in [0, 0.1) is 5.82 Å². The average Bonchev–Trinajstić information content (AvgIpc) is 2.38. The predicted molar refractivity (Wildman–Crippen MR) is 68.7 cm³/mol. The first kappa shape index (κ1) is 17.7. The molecule has 0 fully saturated rings. The summed E-state index contributed by atoms with van der Waals surface area (Å²) in [5.41, 5.74) is -4.19. The van der Waals surface area contributed by atoms with Gasteiger partial charge in [-0.3, -0.25) is 4.79 Å². The van der Waals surface area contributed by atoms with Gasteiger partial charge in [-0.1, -0.05) is 0 Å². The minimum atomic E-state index is -5.20. The third kappa shape index (κ3) is 3.86. The van der Waals surface area contributed by atoms with Crippen LogP contribution >= 0.6 is 0 Å². The number of benzene rings is 1. The van der Waals surface area contributed by atoms with Gasteiger partial charge < -0.3 is 15.0 Å². The van der Waals surface area contributed by atoms with Crippen molar-refractivity contribution < 1.29 is 32.0 Å². The molecule has 0 saturated heterocycles. The van der Waals surface area contributed by atoms with Crippen LogP contribution in [0.15, 0.2) is 23.1 Å². The summed E-state index contributed by atoms with van der Waals surface area (Å²) in [6, 6.07) is 3.07. The Kier molecular flexibility index (Phi) is 5.24. The molecule has 2 atom stereocenters. The number of halogens is 4. The van der Waals surface area contributed by atoms with Gasteiger partial charge in [0.2, 0.25) is 5.60 Å². The molecule has 0 aliphatic carbocycles. The summed E-state index contributed by atoms with van der Waals surface area (Å²) in [5.74, 6) is -2.60. The van der Waals surface area contributed by atoms with Crippen LogP contribution in [-0.4, -0.2) is 33.1 Å². The number of hydrogen-bond acceptors (Lipinski definition) is 3. The highest BCUT2D eigenvalue weighted by molar-refractivity contribution is 7.91. The lowest BCUT2D eigenvalue weighted by Gasteiger charge is -2.25. The normalized spacial score (nSPS) is 16.2. The second-order valence-electron chi connectivity index (χ2n) is 4.30. The smallest absolute Gasteiger partial charge is 0.426 e. The molecule has 0 aromatic heterocycles. The van der Waals surface area contributed by atoms with Crippen LogP contribution in [0.1, 0.15) is 13.8 Å². The Labute approximate surface area is 121 Å². The Morgan fingerprint density at radius 1 is 1.43 bits per heavy atom. The molecule has 0 spiro atoms. The molecule has 1 aromatic carbocycles. The van der Waals surface area contributed by atoms with E-state index in [2.05, 4.69) is 0 Å². The van der Waals surface area contributed by atoms with Gasteiger partial charge in [0.15, 0.2) is 10.7 Å². The maximum Gasteiger partial charge on any atom is 0.426 e. The number of carbonyl (C=O) groups is 1. The largest absolute Gasteiger partial charge is 0.611 e. The van der Waals surface area contributed by atoms with Crippen LogP contribution in [0.5, 0.6) is 0 Å². The van der Waals surface area contributed by atoms with E-state index in [-0.39, 0.29) is 17.6 Å². The number of aliphatic hydroxyl groups is 1. The second-order valence-corrected chi connectivity index (χ2v) is 6.04. The molecule has 0 saturated carbocycles. The van der Waals surface area contributed by atoms with Gasteiger partial charge in [-0.25, -0.2) is 4.39 Å². The zero-order valence-corrected chi connectivity index (χ0v) is 11.9. The lowest BCUT2D eigenvalue weighted by Crippen LogP contribution is -2.52. The number of rotatable bonds is 4. The summed E-state index contributed by atoms with van der Waals surface area (Å²) in [5, 5.41) is 10.8. The van der Waals surface area contributed by atoms with E-state index in [9.17, 15) is 26.9 Å². The van der Waals surface area contributed by atoms with Crippen molar-refractivity contribution in [2.24, 2.45) is 0 Å². The van der Waals surface area contributed by atoms with Crippen molar-refractivity contribution in [3.63, 3.8) is 0 Å². The highest BCUT2D eigenvalue weighted by Crippen LogP contribution is 2.31. The van der Waals surface area contributed by atoms with Gasteiger partial charge >= 0.3 is 6.18 Å². The van der Waals surface area contributed by atoms with Crippen LogP contribution in [0.3, 0.4) is 0 Å². The summed E-state index contributed by atoms with van der Waals surface area (Å²) < 4.78 is 62.5. The SMILES string of the molecule is CC[S+]([O-])c1ccc(NC(=O)[C@@](C)(O)C(F)(F)F)c(F)c1. The maximum atomic E-state index is 13.7. The van der Waals surface area contributed by atoms with E-state index in [1.54, 1.807) is 12.2 Å². The number of hydrogen-bond donors (Lipinski definition) is 2. The fourth-order valence-corrected chi connectivity index (χ4v) is 2.07. The number of carbonyl (C=O) groups excluding carboxylic acids is 1. The molecule has 4 nitrogen and oxygen atoms in total. The van der Waals surface area contributed by atoms with Gasteiger partial charge in [0.1, 0.15) is 5.75 Å². The molecule has 2 N–H and O–H groups in total. The van der Waals surface area contributed by atoms with Gasteiger partial charge in [-0.2, -0.15) is 13.2 Å². The number of nitrogens with one attached hydrogen (secondary N) is 1. The molecular formula is C12H13F4NO3S. The highest BCUT2D eigenvalue weighted by atomic mass is 32.2. The lowest BCUT2D eigenvalue weighted by molar-refractivity contribution is -0.242. The topological polar surface area (TPSA) is 72.4 Å². The number of anilines is 1. The maximum absolute atomic E-state index is 13.7. The average molecular weight is 327 g/mol. The first-order valence-corrected chi connectivity index (χ1v) is 7.11. The first-order valence-electron chi connectivity index (χ1n) is 5.79. The number of amides is 1. The fraction of sp³-hybridized carbons (Fsp3) is 0.417. The van der Waals surface area contributed by atoms with Crippen molar-refractivity contribution in [2.45, 2.75) is 30.5 Å². The molecule has 0 heterocycles. The third-order valence-electron chi connectivity index (χ3n) is 2.71. The van der Waals surface area contributed by atoms with E-state index in [0.717, 1.165) is 12.1 Å². The van der Waals surface area contributed by atoms with Crippen molar-refractivity contribution in [3.05, 3.63) is 24.0 Å². The van der Waals surface area contributed by atoms with Crippen LogP contribution in [-0.2, 0) is 16.0 Å². The second kappa shape index (κ2) is 6.20. The third-order valence-corrected chi connectivity index (χ3v) is 4.01. The molecule has 1 rings (SSSR count). The van der Waals surface area contributed by atoms with E-state index in [0.29, 0.717) is 0 Å². The van der Waals surface area contributed by atoms with Crippen molar-refractivity contribution in [1.82, 2.24) is 0 Å². The minimum absolute atomic E-state index is 0.149. The van der Waals surface area contributed by atoms with E-state index in [4.69, 9.17) is 5.11 Å². The van der Waals surface area contributed by atoms with Crippen LogP contribution in [0.25, 0.3) is 0 Å². The van der Waals surface area contributed by atoms with Crippen molar-refractivity contribution in [2.75, 3.05) is 11.1 Å². The Morgan fingerprint density at radius 3 is 2.43 bits per heavy atom. The quantitative estimate of drug-likeness (QED) is 0.658. The standard InChI is InChI=1S/C12H13F4NO3S/c1-3-21(20)7-4-5-9(8(13)6-7)17-10(18)11(2,19)12(14,15)16/h4-6,19H,3H2,1-2H3,(H,17,18)/t11-,21?/m1/s1. The van der Waals surface area contributed by atoms with Crippen LogP contribution < -0.4 is 5.32 Å². The summed E-state index contributed by atoms with van der Waals surface area (Å²) in [7, 11) is 0. The monoisotopic (exact) mass is 327 g/mol. The highest BCUT2D eigenvalue weighted by Gasteiger charge is 2.55. The van der Waals surface area contributed by atoms with Crippen molar-refractivity contribution in [1.29, 1.82) is 0 Å². The summed E-state index contributed by atoms with van der Waals surface area (Å²) in [6.07, 6.45) is -5.20. The van der Waals surface area contributed by atoms with Gasteiger partial charge in [0.25, 0.3) is 5.91 Å². The van der Waals surface area contributed by atoms with Crippen LogP contribution in [0.2, 0.25) is 0 Å². The molecule has 1 unspecified atom stereocenters. The number of alkyl halides is 3. The van der Waals surface area contributed by atoms with E-state index in [1.807, 2.05) is 0 Å². The fourth-order valence-electron chi connectivity index (χ4n) is 1.28. The zero-order valence-electron chi connectivity index (χ0n) is 11.1. The van der Waals surface area contributed by atoms with Crippen LogP contribution in [0.4, 0.5) is 23.2 Å². The molecule has 118 valence electrons. The molecule has 0 aliphatic heterocycles. The van der Waals surface area contributed by atoms with Gasteiger partial charge in [-0.05, 0) is 37.2 Å². The molecular weight excluding hydrogens is 314 g/mol. The summed E-state index contributed by atoms with van der Waals surface area (Å²) in [6.45, 7) is 1.88. The molecule has 0 bridgehead atoms. The zero-order chi connectivity index (χ0) is 16.4. The summed E-state index contributed by atoms with van der Waals surface area (Å²) in [4.78, 5) is 11.5. The molecule has 0 radical (unpaired) electrons. The Bertz CT molecular complexity index is 534. The van der Waals surface area contributed by atoms with Gasteiger partial charge in [-0.15, -0.1) is 0 Å². The van der Waals surface area contributed by atoms with Crippen molar-refractivity contribution in [3.8, 4) is 0 Å². The van der Waals surface area contributed by atoms with Crippen molar-refractivity contribution >= 4 is 22.8 Å². The molecule has 21 heavy (non-hydrogen) atoms. The minimum Gasteiger partial charge on any atom is -0.611 e. The van der Waals surface area contributed by atoms with Gasteiger partial charge in [0.05, 0.1) is 5.69 Å². The molecule has 1 amide bonds.